The average molecular weight is 242 g/mol. The van der Waals surface area contributed by atoms with Gasteiger partial charge in [0.05, 0.1) is 0 Å². The summed E-state index contributed by atoms with van der Waals surface area (Å²) >= 11 is 0. The molecule has 0 aliphatic carbocycles. The Bertz CT molecular complexity index is 250. The summed E-state index contributed by atoms with van der Waals surface area (Å²) in [6.45, 7) is 2.87. The summed E-state index contributed by atoms with van der Waals surface area (Å²) < 4.78 is 0. The Morgan fingerprint density at radius 1 is 1.35 bits per heavy atom. The van der Waals surface area contributed by atoms with Crippen molar-refractivity contribution in [1.29, 1.82) is 0 Å². The first-order chi connectivity index (χ1) is 8.18. The number of carboxylic acid groups (broad SMARTS) is 1. The highest BCUT2D eigenvalue weighted by Gasteiger charge is 2.12. The highest BCUT2D eigenvalue weighted by atomic mass is 16.4. The minimum absolute atomic E-state index is 0.0324. The monoisotopic (exact) mass is 242 g/mol. The summed E-state index contributed by atoms with van der Waals surface area (Å²) in [4.78, 5) is 21.6. The van der Waals surface area contributed by atoms with Gasteiger partial charge in [-0.2, -0.15) is 0 Å². The summed E-state index contributed by atoms with van der Waals surface area (Å²) in [5, 5.41) is 14.6. The van der Waals surface area contributed by atoms with Crippen molar-refractivity contribution in [2.75, 3.05) is 19.6 Å². The van der Waals surface area contributed by atoms with Crippen molar-refractivity contribution in [3.05, 3.63) is 0 Å². The van der Waals surface area contributed by atoms with E-state index in [0.29, 0.717) is 25.3 Å². The number of carboxylic acids is 1. The molecule has 0 aromatic heterocycles. The van der Waals surface area contributed by atoms with E-state index in [1.807, 2.05) is 0 Å². The lowest BCUT2D eigenvalue weighted by Crippen LogP contribution is -2.33. The zero-order chi connectivity index (χ0) is 12.5. The van der Waals surface area contributed by atoms with Crippen LogP contribution >= 0.6 is 0 Å². The van der Waals surface area contributed by atoms with E-state index >= 15 is 0 Å². The van der Waals surface area contributed by atoms with Gasteiger partial charge in [-0.05, 0) is 44.7 Å². The van der Waals surface area contributed by atoms with Crippen molar-refractivity contribution in [2.24, 2.45) is 5.92 Å². The van der Waals surface area contributed by atoms with E-state index in [-0.39, 0.29) is 12.3 Å². The lowest BCUT2D eigenvalue weighted by molar-refractivity contribution is -0.137. The molecular weight excluding hydrogens is 220 g/mol. The topological polar surface area (TPSA) is 78.4 Å². The van der Waals surface area contributed by atoms with E-state index in [9.17, 15) is 9.59 Å². The number of rotatable bonds is 7. The summed E-state index contributed by atoms with van der Waals surface area (Å²) in [5.41, 5.74) is 0. The SMILES string of the molecule is O=C(O)CCCC(=O)NCCC1CCCNC1. The first kappa shape index (κ1) is 14.0. The molecule has 1 atom stereocenters. The maximum atomic E-state index is 11.3. The highest BCUT2D eigenvalue weighted by Crippen LogP contribution is 2.12. The number of carbonyl (C=O) groups is 2. The molecule has 1 aliphatic rings. The van der Waals surface area contributed by atoms with Crippen LogP contribution in [-0.4, -0.2) is 36.6 Å². The van der Waals surface area contributed by atoms with Crippen molar-refractivity contribution >= 4 is 11.9 Å². The zero-order valence-electron chi connectivity index (χ0n) is 10.2. The molecule has 1 rings (SSSR count). The Hall–Kier alpha value is -1.10. The van der Waals surface area contributed by atoms with Crippen molar-refractivity contribution in [3.63, 3.8) is 0 Å². The molecule has 3 N–H and O–H groups in total. The second-order valence-corrected chi connectivity index (χ2v) is 4.60. The highest BCUT2D eigenvalue weighted by molar-refractivity contribution is 5.76. The Morgan fingerprint density at radius 2 is 2.18 bits per heavy atom. The molecule has 98 valence electrons. The first-order valence-corrected chi connectivity index (χ1v) is 6.37. The molecule has 0 aromatic rings. The summed E-state index contributed by atoms with van der Waals surface area (Å²) in [6.07, 6.45) is 4.28. The second-order valence-electron chi connectivity index (χ2n) is 4.60. The molecule has 1 amide bonds. The van der Waals surface area contributed by atoms with Gasteiger partial charge in [-0.25, -0.2) is 0 Å². The molecule has 0 bridgehead atoms. The van der Waals surface area contributed by atoms with Gasteiger partial charge in [-0.3, -0.25) is 9.59 Å². The lowest BCUT2D eigenvalue weighted by atomic mass is 9.96. The van der Waals surface area contributed by atoms with E-state index in [1.165, 1.54) is 12.8 Å². The maximum absolute atomic E-state index is 11.3. The van der Waals surface area contributed by atoms with Gasteiger partial charge in [-0.15, -0.1) is 0 Å². The van der Waals surface area contributed by atoms with Crippen LogP contribution in [-0.2, 0) is 9.59 Å². The zero-order valence-corrected chi connectivity index (χ0v) is 10.2. The Kier molecular flexibility index (Phi) is 6.62. The quantitative estimate of drug-likeness (QED) is 0.615. The number of hydrogen-bond donors (Lipinski definition) is 3. The third-order valence-corrected chi connectivity index (χ3v) is 3.07. The van der Waals surface area contributed by atoms with Crippen LogP contribution in [0, 0.1) is 5.92 Å². The number of nitrogens with one attached hydrogen (secondary N) is 2. The largest absolute Gasteiger partial charge is 0.481 e. The van der Waals surface area contributed by atoms with Gasteiger partial charge in [0, 0.05) is 19.4 Å². The Balaban J connectivity index is 1.97. The maximum Gasteiger partial charge on any atom is 0.303 e. The minimum atomic E-state index is -0.842. The average Bonchev–Trinajstić information content (AvgIpc) is 2.30. The summed E-state index contributed by atoms with van der Waals surface area (Å²) in [6, 6.07) is 0. The van der Waals surface area contributed by atoms with Crippen LogP contribution < -0.4 is 10.6 Å². The smallest absolute Gasteiger partial charge is 0.303 e. The molecule has 5 nitrogen and oxygen atoms in total. The normalized spacial score (nSPS) is 19.9. The molecule has 1 saturated heterocycles. The van der Waals surface area contributed by atoms with E-state index in [0.717, 1.165) is 19.5 Å². The van der Waals surface area contributed by atoms with Gasteiger partial charge in [0.25, 0.3) is 0 Å². The van der Waals surface area contributed by atoms with E-state index in [1.54, 1.807) is 0 Å². The second kappa shape index (κ2) is 8.06. The molecule has 1 fully saturated rings. The van der Waals surface area contributed by atoms with Gasteiger partial charge >= 0.3 is 5.97 Å². The van der Waals surface area contributed by atoms with Crippen LogP contribution in [0.25, 0.3) is 0 Å². The van der Waals surface area contributed by atoms with Gasteiger partial charge in [0.2, 0.25) is 5.91 Å². The van der Waals surface area contributed by atoms with E-state index < -0.39 is 5.97 Å². The molecule has 1 aliphatic heterocycles. The summed E-state index contributed by atoms with van der Waals surface area (Å²) in [5.74, 6) is -0.204. The predicted molar refractivity (Wildman–Crippen MR) is 64.7 cm³/mol. The molecule has 0 radical (unpaired) electrons. The van der Waals surface area contributed by atoms with Crippen LogP contribution in [0.4, 0.5) is 0 Å². The van der Waals surface area contributed by atoms with Crippen molar-refractivity contribution in [3.8, 4) is 0 Å². The number of amides is 1. The van der Waals surface area contributed by atoms with Crippen molar-refractivity contribution in [2.45, 2.75) is 38.5 Å². The number of carbonyl (C=O) groups excluding carboxylic acids is 1. The molecule has 0 saturated carbocycles. The van der Waals surface area contributed by atoms with E-state index in [4.69, 9.17) is 5.11 Å². The number of hydrogen-bond acceptors (Lipinski definition) is 3. The molecule has 1 unspecified atom stereocenters. The fourth-order valence-corrected chi connectivity index (χ4v) is 2.07. The van der Waals surface area contributed by atoms with Crippen LogP contribution in [0.5, 0.6) is 0 Å². The molecule has 5 heteroatoms. The minimum Gasteiger partial charge on any atom is -0.481 e. The summed E-state index contributed by atoms with van der Waals surface area (Å²) in [7, 11) is 0. The molecule has 17 heavy (non-hydrogen) atoms. The van der Waals surface area contributed by atoms with Gasteiger partial charge < -0.3 is 15.7 Å². The fraction of sp³-hybridized carbons (Fsp3) is 0.833. The Morgan fingerprint density at radius 3 is 2.82 bits per heavy atom. The van der Waals surface area contributed by atoms with Crippen LogP contribution in [0.1, 0.15) is 38.5 Å². The van der Waals surface area contributed by atoms with Crippen molar-refractivity contribution < 1.29 is 14.7 Å². The van der Waals surface area contributed by atoms with Crippen LogP contribution in [0.3, 0.4) is 0 Å². The van der Waals surface area contributed by atoms with E-state index in [2.05, 4.69) is 10.6 Å². The standard InChI is InChI=1S/C12H22N2O3/c15-11(4-1-5-12(16)17)14-8-6-10-3-2-7-13-9-10/h10,13H,1-9H2,(H,14,15)(H,16,17). The molecular formula is C12H22N2O3. The number of piperidine rings is 1. The molecule has 0 spiro atoms. The third-order valence-electron chi connectivity index (χ3n) is 3.07. The predicted octanol–water partition coefficient (Wildman–Crippen LogP) is 0.747. The van der Waals surface area contributed by atoms with Gasteiger partial charge in [0.15, 0.2) is 0 Å². The third kappa shape index (κ3) is 6.94. The molecule has 0 aromatic carbocycles. The molecule has 1 heterocycles. The first-order valence-electron chi connectivity index (χ1n) is 6.37. The fourth-order valence-electron chi connectivity index (χ4n) is 2.07. The van der Waals surface area contributed by atoms with Crippen LogP contribution in [0.15, 0.2) is 0 Å². The number of aliphatic carboxylic acids is 1. The lowest BCUT2D eigenvalue weighted by Gasteiger charge is -2.22. The van der Waals surface area contributed by atoms with Gasteiger partial charge in [0.1, 0.15) is 0 Å². The van der Waals surface area contributed by atoms with Crippen molar-refractivity contribution in [1.82, 2.24) is 10.6 Å². The van der Waals surface area contributed by atoms with Gasteiger partial charge in [-0.1, -0.05) is 0 Å². The van der Waals surface area contributed by atoms with Crippen LogP contribution in [0.2, 0.25) is 0 Å². The Labute approximate surface area is 102 Å².